The molecule has 0 aliphatic heterocycles. The lowest BCUT2D eigenvalue weighted by Crippen LogP contribution is -2.32. The van der Waals surface area contributed by atoms with Crippen LogP contribution in [0.1, 0.15) is 43.9 Å². The van der Waals surface area contributed by atoms with Crippen LogP contribution in [0.5, 0.6) is 0 Å². The van der Waals surface area contributed by atoms with Crippen molar-refractivity contribution in [1.82, 2.24) is 5.32 Å². The maximum absolute atomic E-state index is 13.1. The van der Waals surface area contributed by atoms with Gasteiger partial charge < -0.3 is 5.32 Å². The van der Waals surface area contributed by atoms with E-state index in [4.69, 9.17) is 0 Å². The predicted molar refractivity (Wildman–Crippen MR) is 110 cm³/mol. The average Bonchev–Trinajstić information content (AvgIpc) is 2.65. The van der Waals surface area contributed by atoms with Gasteiger partial charge in [0.25, 0.3) is 0 Å². The number of halogens is 1. The molecule has 1 atom stereocenters. The molecular formula is C21H27FN2O3S. The Labute approximate surface area is 166 Å². The van der Waals surface area contributed by atoms with Crippen molar-refractivity contribution in [2.45, 2.75) is 39.2 Å². The molecule has 2 aromatic carbocycles. The third-order valence-corrected chi connectivity index (χ3v) is 5.74. The number of benzene rings is 2. The van der Waals surface area contributed by atoms with Gasteiger partial charge in [-0.3, -0.25) is 9.10 Å². The molecule has 5 nitrogen and oxygen atoms in total. The molecule has 0 radical (unpaired) electrons. The van der Waals surface area contributed by atoms with Crippen LogP contribution in [0.4, 0.5) is 10.1 Å². The van der Waals surface area contributed by atoms with E-state index in [9.17, 15) is 17.6 Å². The summed E-state index contributed by atoms with van der Waals surface area (Å²) in [5.41, 5.74) is 2.65. The summed E-state index contributed by atoms with van der Waals surface area (Å²) in [6, 6.07) is 13.2. The molecule has 0 aliphatic carbocycles. The molecule has 2 aromatic rings. The fraction of sp³-hybridized carbons (Fsp3) is 0.381. The number of rotatable bonds is 9. The summed E-state index contributed by atoms with van der Waals surface area (Å²) >= 11 is 0. The topological polar surface area (TPSA) is 66.5 Å². The van der Waals surface area contributed by atoms with Gasteiger partial charge in [-0.1, -0.05) is 31.2 Å². The van der Waals surface area contributed by atoms with Crippen molar-refractivity contribution in [2.24, 2.45) is 0 Å². The summed E-state index contributed by atoms with van der Waals surface area (Å²) in [6.45, 7) is 4.16. The average molecular weight is 407 g/mol. The highest BCUT2D eigenvalue weighted by Crippen LogP contribution is 2.19. The molecule has 0 saturated heterocycles. The number of amides is 1. The summed E-state index contributed by atoms with van der Waals surface area (Å²) in [4.78, 5) is 12.2. The maximum Gasteiger partial charge on any atom is 0.232 e. The van der Waals surface area contributed by atoms with E-state index in [0.29, 0.717) is 12.1 Å². The van der Waals surface area contributed by atoms with Gasteiger partial charge in [-0.15, -0.1) is 0 Å². The minimum absolute atomic E-state index is 0.124. The molecule has 0 heterocycles. The van der Waals surface area contributed by atoms with Crippen LogP contribution in [-0.4, -0.2) is 27.1 Å². The van der Waals surface area contributed by atoms with Crippen LogP contribution in [0.2, 0.25) is 0 Å². The largest absolute Gasteiger partial charge is 0.350 e. The Morgan fingerprint density at radius 2 is 1.71 bits per heavy atom. The van der Waals surface area contributed by atoms with Crippen LogP contribution in [0.3, 0.4) is 0 Å². The zero-order valence-corrected chi connectivity index (χ0v) is 17.3. The molecule has 1 amide bonds. The first-order valence-electron chi connectivity index (χ1n) is 9.32. The SMILES string of the molecule is CCc1ccc([C@H](C)NC(=O)CCCN(c2ccc(F)cc2)S(C)(=O)=O)cc1. The van der Waals surface area contributed by atoms with Gasteiger partial charge in [0.1, 0.15) is 5.82 Å². The first kappa shape index (κ1) is 21.9. The standard InChI is InChI=1S/C21H27FN2O3S/c1-4-17-7-9-18(10-8-17)16(2)23-21(25)6-5-15-24(28(3,26)27)20-13-11-19(22)12-14-20/h7-14,16H,4-6,15H2,1-3H3,(H,23,25)/t16-/m0/s1. The Morgan fingerprint density at radius 3 is 2.25 bits per heavy atom. The van der Waals surface area contributed by atoms with E-state index in [1.165, 1.54) is 34.1 Å². The van der Waals surface area contributed by atoms with E-state index in [1.807, 2.05) is 31.2 Å². The normalized spacial score (nSPS) is 12.4. The summed E-state index contributed by atoms with van der Waals surface area (Å²) in [6.07, 6.45) is 2.62. The summed E-state index contributed by atoms with van der Waals surface area (Å²) in [7, 11) is -3.52. The van der Waals surface area contributed by atoms with Gasteiger partial charge in [-0.2, -0.15) is 0 Å². The van der Waals surface area contributed by atoms with Crippen molar-refractivity contribution >= 4 is 21.6 Å². The van der Waals surface area contributed by atoms with Crippen molar-refractivity contribution < 1.29 is 17.6 Å². The molecule has 2 rings (SSSR count). The number of anilines is 1. The Morgan fingerprint density at radius 1 is 1.11 bits per heavy atom. The predicted octanol–water partition coefficient (Wildman–Crippen LogP) is 3.81. The Kier molecular flexibility index (Phi) is 7.57. The second-order valence-corrected chi connectivity index (χ2v) is 8.71. The van der Waals surface area contributed by atoms with E-state index in [-0.39, 0.29) is 24.9 Å². The molecular weight excluding hydrogens is 379 g/mol. The Hall–Kier alpha value is -2.41. The molecule has 0 saturated carbocycles. The van der Waals surface area contributed by atoms with Crippen LogP contribution < -0.4 is 9.62 Å². The van der Waals surface area contributed by atoms with Crippen molar-refractivity contribution in [3.05, 3.63) is 65.5 Å². The number of carbonyl (C=O) groups is 1. The minimum atomic E-state index is -3.52. The van der Waals surface area contributed by atoms with Gasteiger partial charge in [0.05, 0.1) is 18.0 Å². The number of hydrogen-bond acceptors (Lipinski definition) is 3. The zero-order valence-electron chi connectivity index (χ0n) is 16.5. The zero-order chi connectivity index (χ0) is 20.7. The molecule has 0 aliphatic rings. The number of hydrogen-bond donors (Lipinski definition) is 1. The molecule has 1 N–H and O–H groups in total. The lowest BCUT2D eigenvalue weighted by molar-refractivity contribution is -0.121. The lowest BCUT2D eigenvalue weighted by Gasteiger charge is -2.22. The third kappa shape index (κ3) is 6.34. The molecule has 0 spiro atoms. The highest BCUT2D eigenvalue weighted by molar-refractivity contribution is 7.92. The van der Waals surface area contributed by atoms with Crippen molar-refractivity contribution in [2.75, 3.05) is 17.1 Å². The monoisotopic (exact) mass is 406 g/mol. The Balaban J connectivity index is 1.90. The van der Waals surface area contributed by atoms with Crippen molar-refractivity contribution in [3.63, 3.8) is 0 Å². The summed E-state index contributed by atoms with van der Waals surface area (Å²) in [5.74, 6) is -0.572. The minimum Gasteiger partial charge on any atom is -0.350 e. The summed E-state index contributed by atoms with van der Waals surface area (Å²) in [5, 5.41) is 2.94. The van der Waals surface area contributed by atoms with E-state index in [0.717, 1.165) is 18.2 Å². The van der Waals surface area contributed by atoms with E-state index in [2.05, 4.69) is 12.2 Å². The second kappa shape index (κ2) is 9.68. The molecule has 7 heteroatoms. The lowest BCUT2D eigenvalue weighted by atomic mass is 10.0. The number of nitrogens with zero attached hydrogens (tertiary/aromatic N) is 1. The first-order valence-corrected chi connectivity index (χ1v) is 11.2. The third-order valence-electron chi connectivity index (χ3n) is 4.55. The quantitative estimate of drug-likeness (QED) is 0.689. The molecule has 0 fully saturated rings. The molecule has 0 bridgehead atoms. The van der Waals surface area contributed by atoms with Crippen molar-refractivity contribution in [1.29, 1.82) is 0 Å². The van der Waals surface area contributed by atoms with Crippen LogP contribution in [-0.2, 0) is 21.2 Å². The van der Waals surface area contributed by atoms with E-state index >= 15 is 0 Å². The van der Waals surface area contributed by atoms with Gasteiger partial charge in [0.15, 0.2) is 0 Å². The van der Waals surface area contributed by atoms with Crippen LogP contribution in [0, 0.1) is 5.82 Å². The van der Waals surface area contributed by atoms with Gasteiger partial charge in [-0.05, 0) is 55.2 Å². The highest BCUT2D eigenvalue weighted by Gasteiger charge is 2.18. The van der Waals surface area contributed by atoms with Crippen LogP contribution in [0.25, 0.3) is 0 Å². The molecule has 0 unspecified atom stereocenters. The second-order valence-electron chi connectivity index (χ2n) is 6.80. The fourth-order valence-corrected chi connectivity index (χ4v) is 3.88. The number of nitrogens with one attached hydrogen (secondary N) is 1. The van der Waals surface area contributed by atoms with E-state index < -0.39 is 15.8 Å². The molecule has 152 valence electrons. The van der Waals surface area contributed by atoms with Crippen LogP contribution in [0.15, 0.2) is 48.5 Å². The highest BCUT2D eigenvalue weighted by atomic mass is 32.2. The maximum atomic E-state index is 13.1. The van der Waals surface area contributed by atoms with Gasteiger partial charge >= 0.3 is 0 Å². The van der Waals surface area contributed by atoms with Crippen LogP contribution >= 0.6 is 0 Å². The first-order chi connectivity index (χ1) is 13.2. The smallest absolute Gasteiger partial charge is 0.232 e. The Bertz CT molecular complexity index is 881. The number of aryl methyl sites for hydroxylation is 1. The van der Waals surface area contributed by atoms with Crippen molar-refractivity contribution in [3.8, 4) is 0 Å². The number of carbonyl (C=O) groups excluding carboxylic acids is 1. The molecule has 28 heavy (non-hydrogen) atoms. The fourth-order valence-electron chi connectivity index (χ4n) is 2.92. The van der Waals surface area contributed by atoms with Gasteiger partial charge in [0.2, 0.25) is 15.9 Å². The van der Waals surface area contributed by atoms with Gasteiger partial charge in [0, 0.05) is 13.0 Å². The van der Waals surface area contributed by atoms with Gasteiger partial charge in [-0.25, -0.2) is 12.8 Å². The summed E-state index contributed by atoms with van der Waals surface area (Å²) < 4.78 is 38.4. The number of sulfonamides is 1. The molecule has 0 aromatic heterocycles. The van der Waals surface area contributed by atoms with E-state index in [1.54, 1.807) is 0 Å².